The van der Waals surface area contributed by atoms with E-state index in [2.05, 4.69) is 0 Å². The number of carbonyl (C=O) groups is 1. The Kier molecular flexibility index (Phi) is 2.34. The van der Waals surface area contributed by atoms with Crippen LogP contribution < -0.4 is 4.74 Å². The van der Waals surface area contributed by atoms with Gasteiger partial charge in [0, 0.05) is 0 Å². The molecule has 0 aliphatic heterocycles. The molecule has 1 atom stereocenters. The number of halogens is 1. The fraction of sp³-hybridized carbons (Fsp3) is 0.364. The van der Waals surface area contributed by atoms with Gasteiger partial charge in [-0.3, -0.25) is 4.79 Å². The second-order valence-corrected chi connectivity index (χ2v) is 3.70. The van der Waals surface area contributed by atoms with E-state index < -0.39 is 17.7 Å². The van der Waals surface area contributed by atoms with Crippen molar-refractivity contribution in [3.05, 3.63) is 29.1 Å². The first kappa shape index (κ1) is 9.96. The van der Waals surface area contributed by atoms with Crippen molar-refractivity contribution in [2.24, 2.45) is 5.92 Å². The monoisotopic (exact) mass is 210 g/mol. The Morgan fingerprint density at radius 3 is 2.60 bits per heavy atom. The van der Waals surface area contributed by atoms with E-state index in [0.29, 0.717) is 12.8 Å². The Hall–Kier alpha value is -1.58. The third kappa shape index (κ3) is 1.67. The van der Waals surface area contributed by atoms with Crippen LogP contribution in [0.5, 0.6) is 5.75 Å². The maximum Gasteiger partial charge on any atom is 0.307 e. The van der Waals surface area contributed by atoms with E-state index in [1.807, 2.05) is 0 Å². The molecule has 0 fully saturated rings. The van der Waals surface area contributed by atoms with E-state index >= 15 is 0 Å². The molecule has 1 N–H and O–H groups in total. The minimum Gasteiger partial charge on any atom is -0.494 e. The molecule has 3 nitrogen and oxygen atoms in total. The number of hydrogen-bond acceptors (Lipinski definition) is 2. The van der Waals surface area contributed by atoms with Gasteiger partial charge in [-0.1, -0.05) is 0 Å². The summed E-state index contributed by atoms with van der Waals surface area (Å²) in [4.78, 5) is 10.8. The maximum absolute atomic E-state index is 13.3. The van der Waals surface area contributed by atoms with Crippen molar-refractivity contribution in [2.45, 2.75) is 12.8 Å². The van der Waals surface area contributed by atoms with E-state index in [1.165, 1.54) is 13.2 Å². The van der Waals surface area contributed by atoms with E-state index in [-0.39, 0.29) is 5.75 Å². The lowest BCUT2D eigenvalue weighted by Gasteiger charge is -2.04. The van der Waals surface area contributed by atoms with Crippen LogP contribution in [0.25, 0.3) is 0 Å². The number of ether oxygens (including phenoxy) is 1. The third-order valence-electron chi connectivity index (χ3n) is 2.76. The van der Waals surface area contributed by atoms with Gasteiger partial charge in [-0.05, 0) is 36.1 Å². The predicted octanol–water partition coefficient (Wildman–Crippen LogP) is 1.63. The van der Waals surface area contributed by atoms with Gasteiger partial charge in [0.15, 0.2) is 11.6 Å². The van der Waals surface area contributed by atoms with Crippen molar-refractivity contribution in [1.82, 2.24) is 0 Å². The minimum absolute atomic E-state index is 0.180. The SMILES string of the molecule is COc1cc2c(cc1F)CC(C(=O)O)C2. The highest BCUT2D eigenvalue weighted by Gasteiger charge is 2.28. The average Bonchev–Trinajstić information content (AvgIpc) is 2.59. The molecular weight excluding hydrogens is 199 g/mol. The Labute approximate surface area is 86.5 Å². The number of hydrogen-bond donors (Lipinski definition) is 1. The highest BCUT2D eigenvalue weighted by molar-refractivity contribution is 5.72. The number of carboxylic acids is 1. The van der Waals surface area contributed by atoms with Gasteiger partial charge in [0.2, 0.25) is 0 Å². The molecule has 4 heteroatoms. The number of methoxy groups -OCH3 is 1. The quantitative estimate of drug-likeness (QED) is 0.807. The zero-order chi connectivity index (χ0) is 11.0. The predicted molar refractivity (Wildman–Crippen MR) is 51.5 cm³/mol. The fourth-order valence-corrected chi connectivity index (χ4v) is 1.95. The fourth-order valence-electron chi connectivity index (χ4n) is 1.95. The summed E-state index contributed by atoms with van der Waals surface area (Å²) < 4.78 is 18.1. The summed E-state index contributed by atoms with van der Waals surface area (Å²) >= 11 is 0. The Balaban J connectivity index is 2.35. The molecule has 1 aliphatic carbocycles. The van der Waals surface area contributed by atoms with E-state index in [4.69, 9.17) is 9.84 Å². The summed E-state index contributed by atoms with van der Waals surface area (Å²) in [7, 11) is 1.40. The van der Waals surface area contributed by atoms with Gasteiger partial charge in [0.25, 0.3) is 0 Å². The highest BCUT2D eigenvalue weighted by Crippen LogP contribution is 2.31. The molecule has 0 spiro atoms. The van der Waals surface area contributed by atoms with Crippen molar-refractivity contribution in [1.29, 1.82) is 0 Å². The standard InChI is InChI=1S/C11H11FO3/c1-15-10-5-7-3-8(11(13)14)2-6(7)4-9(10)12/h4-5,8H,2-3H2,1H3,(H,13,14). The molecule has 2 rings (SSSR count). The Morgan fingerprint density at radius 1 is 1.47 bits per heavy atom. The summed E-state index contributed by atoms with van der Waals surface area (Å²) in [6.07, 6.45) is 0.868. The Morgan fingerprint density at radius 2 is 2.07 bits per heavy atom. The molecule has 1 unspecified atom stereocenters. The van der Waals surface area contributed by atoms with Gasteiger partial charge in [-0.2, -0.15) is 0 Å². The number of aliphatic carboxylic acids is 1. The molecule has 0 saturated carbocycles. The van der Waals surface area contributed by atoms with E-state index in [1.54, 1.807) is 6.07 Å². The van der Waals surface area contributed by atoms with Crippen LogP contribution in [0.15, 0.2) is 12.1 Å². The molecule has 1 aliphatic rings. The third-order valence-corrected chi connectivity index (χ3v) is 2.76. The first-order chi connectivity index (χ1) is 7.11. The van der Waals surface area contributed by atoms with Gasteiger partial charge in [-0.25, -0.2) is 4.39 Å². The van der Waals surface area contributed by atoms with Gasteiger partial charge in [0.05, 0.1) is 13.0 Å². The van der Waals surface area contributed by atoms with Crippen molar-refractivity contribution >= 4 is 5.97 Å². The lowest BCUT2D eigenvalue weighted by molar-refractivity contribution is -0.141. The maximum atomic E-state index is 13.3. The van der Waals surface area contributed by atoms with Gasteiger partial charge < -0.3 is 9.84 Å². The lowest BCUT2D eigenvalue weighted by atomic mass is 10.1. The second-order valence-electron chi connectivity index (χ2n) is 3.70. The Bertz CT molecular complexity index is 415. The lowest BCUT2D eigenvalue weighted by Crippen LogP contribution is -2.12. The van der Waals surface area contributed by atoms with Gasteiger partial charge >= 0.3 is 5.97 Å². The van der Waals surface area contributed by atoms with Crippen LogP contribution in [-0.4, -0.2) is 18.2 Å². The number of rotatable bonds is 2. The summed E-state index contributed by atoms with van der Waals surface area (Å²) in [6, 6.07) is 2.96. The molecule has 1 aromatic rings. The molecule has 80 valence electrons. The molecule has 0 aromatic heterocycles. The smallest absolute Gasteiger partial charge is 0.307 e. The molecule has 0 bridgehead atoms. The van der Waals surface area contributed by atoms with Crippen molar-refractivity contribution < 1.29 is 19.0 Å². The number of benzene rings is 1. The molecule has 1 aromatic carbocycles. The summed E-state index contributed by atoms with van der Waals surface area (Å²) in [5.74, 6) is -1.50. The van der Waals surface area contributed by atoms with Gasteiger partial charge in [0.1, 0.15) is 0 Å². The van der Waals surface area contributed by atoms with Gasteiger partial charge in [-0.15, -0.1) is 0 Å². The molecule has 0 heterocycles. The van der Waals surface area contributed by atoms with Crippen LogP contribution in [0, 0.1) is 11.7 Å². The van der Waals surface area contributed by atoms with Crippen LogP contribution in [0.3, 0.4) is 0 Å². The van der Waals surface area contributed by atoms with E-state index in [9.17, 15) is 9.18 Å². The topological polar surface area (TPSA) is 46.5 Å². The first-order valence-corrected chi connectivity index (χ1v) is 4.70. The molecule has 15 heavy (non-hydrogen) atoms. The molecular formula is C11H11FO3. The van der Waals surface area contributed by atoms with Crippen LogP contribution in [0.4, 0.5) is 4.39 Å². The second kappa shape index (κ2) is 3.53. The summed E-state index contributed by atoms with van der Waals surface area (Å²) in [6.45, 7) is 0. The average molecular weight is 210 g/mol. The normalized spacial score (nSPS) is 18.7. The first-order valence-electron chi connectivity index (χ1n) is 4.70. The largest absolute Gasteiger partial charge is 0.494 e. The van der Waals surface area contributed by atoms with E-state index in [0.717, 1.165) is 11.1 Å². The summed E-state index contributed by atoms with van der Waals surface area (Å²) in [5, 5.41) is 8.86. The van der Waals surface area contributed by atoms with Crippen molar-refractivity contribution in [3.8, 4) is 5.75 Å². The summed E-state index contributed by atoms with van der Waals surface area (Å²) in [5.41, 5.74) is 1.65. The molecule has 0 radical (unpaired) electrons. The van der Waals surface area contributed by atoms with Crippen molar-refractivity contribution in [3.63, 3.8) is 0 Å². The van der Waals surface area contributed by atoms with Crippen LogP contribution in [0.2, 0.25) is 0 Å². The highest BCUT2D eigenvalue weighted by atomic mass is 19.1. The number of carboxylic acid groups (broad SMARTS) is 1. The van der Waals surface area contributed by atoms with Crippen LogP contribution in [0.1, 0.15) is 11.1 Å². The van der Waals surface area contributed by atoms with Crippen LogP contribution >= 0.6 is 0 Å². The zero-order valence-corrected chi connectivity index (χ0v) is 8.29. The zero-order valence-electron chi connectivity index (χ0n) is 8.29. The van der Waals surface area contributed by atoms with Crippen molar-refractivity contribution in [2.75, 3.05) is 7.11 Å². The minimum atomic E-state index is -0.828. The molecule has 0 amide bonds. The number of fused-ring (bicyclic) bond motifs is 1. The van der Waals surface area contributed by atoms with Crippen LogP contribution in [-0.2, 0) is 17.6 Å². The molecule has 0 saturated heterocycles.